The first-order valence-corrected chi connectivity index (χ1v) is 10.1. The molecule has 2 aromatic heterocycles. The Morgan fingerprint density at radius 3 is 2.58 bits per heavy atom. The zero-order valence-corrected chi connectivity index (χ0v) is 16.5. The molecular formula is C22H13F3N2O3S. The van der Waals surface area contributed by atoms with Gasteiger partial charge in [-0.25, -0.2) is 9.78 Å². The van der Waals surface area contributed by atoms with Crippen LogP contribution in [0.4, 0.5) is 13.2 Å². The Balaban J connectivity index is 1.64. The number of rotatable bonds is 3. The third-order valence-corrected chi connectivity index (χ3v) is 6.27. The van der Waals surface area contributed by atoms with Gasteiger partial charge in [-0.2, -0.15) is 13.2 Å². The van der Waals surface area contributed by atoms with Gasteiger partial charge < -0.3 is 9.63 Å². The van der Waals surface area contributed by atoms with Gasteiger partial charge in [-0.1, -0.05) is 41.6 Å². The van der Waals surface area contributed by atoms with Gasteiger partial charge in [0.25, 0.3) is 0 Å². The van der Waals surface area contributed by atoms with Gasteiger partial charge in [0.2, 0.25) is 5.76 Å². The van der Waals surface area contributed by atoms with Crippen molar-refractivity contribution in [2.75, 3.05) is 0 Å². The molecular weight excluding hydrogens is 429 g/mol. The summed E-state index contributed by atoms with van der Waals surface area (Å²) in [6.07, 6.45) is -3.62. The molecule has 31 heavy (non-hydrogen) atoms. The van der Waals surface area contributed by atoms with Crippen molar-refractivity contribution in [3.8, 4) is 32.5 Å². The molecule has 5 nitrogen and oxygen atoms in total. The standard InChI is InChI=1S/C22H13F3N2O3S/c23-22(24,25)16-17(11-4-2-1-3-5-11)27-30-18(16)20-26-15-9-7-12-10-13(21(28)29)6-8-14(12)19(15)31-20/h1-6,8,10H,7,9H2,(H,28,29). The van der Waals surface area contributed by atoms with Gasteiger partial charge in [0.15, 0.2) is 5.01 Å². The summed E-state index contributed by atoms with van der Waals surface area (Å²) >= 11 is 1.09. The fourth-order valence-electron chi connectivity index (χ4n) is 3.73. The SMILES string of the molecule is O=C(O)c1ccc2c(c1)CCc1nc(-c3onc(-c4ccccc4)c3C(F)(F)F)sc1-2. The number of aryl methyl sites for hydroxylation is 2. The highest BCUT2D eigenvalue weighted by Crippen LogP contribution is 2.47. The summed E-state index contributed by atoms with van der Waals surface area (Å²) in [6.45, 7) is 0. The molecule has 9 heteroatoms. The smallest absolute Gasteiger partial charge is 0.422 e. The van der Waals surface area contributed by atoms with E-state index in [1.165, 1.54) is 6.07 Å². The number of halogens is 3. The van der Waals surface area contributed by atoms with Crippen LogP contribution in [0.15, 0.2) is 53.1 Å². The maximum absolute atomic E-state index is 14.0. The van der Waals surface area contributed by atoms with Crippen LogP contribution in [0, 0.1) is 0 Å². The quantitative estimate of drug-likeness (QED) is 0.424. The Morgan fingerprint density at radius 2 is 1.87 bits per heavy atom. The summed E-state index contributed by atoms with van der Waals surface area (Å²) in [5.74, 6) is -1.43. The molecule has 4 aromatic rings. The van der Waals surface area contributed by atoms with Crippen molar-refractivity contribution < 1.29 is 27.6 Å². The molecule has 1 aliphatic carbocycles. The molecule has 1 aliphatic rings. The maximum Gasteiger partial charge on any atom is 0.422 e. The molecule has 0 spiro atoms. The maximum atomic E-state index is 14.0. The fourth-order valence-corrected chi connectivity index (χ4v) is 4.88. The van der Waals surface area contributed by atoms with Crippen LogP contribution in [0.25, 0.3) is 32.5 Å². The topological polar surface area (TPSA) is 76.2 Å². The molecule has 0 bridgehead atoms. The Bertz CT molecular complexity index is 1310. The van der Waals surface area contributed by atoms with E-state index >= 15 is 0 Å². The molecule has 0 amide bonds. The van der Waals surface area contributed by atoms with Crippen LogP contribution in [0.1, 0.15) is 27.2 Å². The average molecular weight is 442 g/mol. The Hall–Kier alpha value is -3.46. The molecule has 0 atom stereocenters. The number of fused-ring (bicyclic) bond motifs is 3. The van der Waals surface area contributed by atoms with Crippen LogP contribution >= 0.6 is 11.3 Å². The van der Waals surface area contributed by atoms with E-state index in [2.05, 4.69) is 10.1 Å². The Morgan fingerprint density at radius 1 is 1.10 bits per heavy atom. The van der Waals surface area contributed by atoms with Crippen LogP contribution in [-0.2, 0) is 19.0 Å². The summed E-state index contributed by atoms with van der Waals surface area (Å²) < 4.78 is 47.1. The molecule has 0 unspecified atom stereocenters. The second-order valence-corrected chi connectivity index (χ2v) is 8.07. The average Bonchev–Trinajstić information content (AvgIpc) is 3.38. The first-order chi connectivity index (χ1) is 14.8. The van der Waals surface area contributed by atoms with Crippen molar-refractivity contribution in [3.05, 3.63) is 70.9 Å². The minimum absolute atomic E-state index is 0.0992. The lowest BCUT2D eigenvalue weighted by molar-refractivity contribution is -0.136. The van der Waals surface area contributed by atoms with E-state index in [1.54, 1.807) is 42.5 Å². The van der Waals surface area contributed by atoms with Gasteiger partial charge in [-0.3, -0.25) is 0 Å². The van der Waals surface area contributed by atoms with E-state index < -0.39 is 23.5 Å². The van der Waals surface area contributed by atoms with E-state index in [-0.39, 0.29) is 16.3 Å². The Labute approximate surface area is 177 Å². The van der Waals surface area contributed by atoms with Crippen LogP contribution < -0.4 is 0 Å². The first kappa shape index (κ1) is 19.5. The molecule has 0 aliphatic heterocycles. The number of hydrogen-bond donors (Lipinski definition) is 1. The number of thiazole rings is 1. The fraction of sp³-hybridized carbons (Fsp3) is 0.136. The number of carboxylic acids is 1. The molecule has 0 fully saturated rings. The summed E-state index contributed by atoms with van der Waals surface area (Å²) in [5.41, 5.74) is 1.54. The second-order valence-electron chi connectivity index (χ2n) is 7.07. The number of hydrogen-bond acceptors (Lipinski definition) is 5. The minimum atomic E-state index is -4.68. The zero-order chi connectivity index (χ0) is 21.8. The van der Waals surface area contributed by atoms with Crippen LogP contribution in [0.5, 0.6) is 0 Å². The van der Waals surface area contributed by atoms with E-state index in [0.29, 0.717) is 24.1 Å². The molecule has 5 rings (SSSR count). The number of carbonyl (C=O) groups is 1. The highest BCUT2D eigenvalue weighted by molar-refractivity contribution is 7.18. The summed E-state index contributed by atoms with van der Waals surface area (Å²) in [6, 6.07) is 12.8. The number of carboxylic acid groups (broad SMARTS) is 1. The van der Waals surface area contributed by atoms with Gasteiger partial charge in [0.1, 0.15) is 11.3 Å². The van der Waals surface area contributed by atoms with E-state index in [1.807, 2.05) is 0 Å². The van der Waals surface area contributed by atoms with E-state index in [4.69, 9.17) is 4.52 Å². The van der Waals surface area contributed by atoms with Crippen molar-refractivity contribution in [1.29, 1.82) is 0 Å². The van der Waals surface area contributed by atoms with E-state index in [0.717, 1.165) is 27.3 Å². The van der Waals surface area contributed by atoms with E-state index in [9.17, 15) is 23.1 Å². The van der Waals surface area contributed by atoms with Gasteiger partial charge in [0.05, 0.1) is 16.1 Å². The summed E-state index contributed by atoms with van der Waals surface area (Å²) in [5, 5.41) is 13.0. The number of nitrogens with zero attached hydrogens (tertiary/aromatic N) is 2. The van der Waals surface area contributed by atoms with Crippen molar-refractivity contribution in [1.82, 2.24) is 10.1 Å². The molecule has 2 aromatic carbocycles. The third-order valence-electron chi connectivity index (χ3n) is 5.14. The molecule has 1 N–H and O–H groups in total. The monoisotopic (exact) mass is 442 g/mol. The molecule has 2 heterocycles. The number of aromatic carboxylic acids is 1. The van der Waals surface area contributed by atoms with Crippen molar-refractivity contribution in [2.24, 2.45) is 0 Å². The van der Waals surface area contributed by atoms with Crippen molar-refractivity contribution in [3.63, 3.8) is 0 Å². The largest absolute Gasteiger partial charge is 0.478 e. The minimum Gasteiger partial charge on any atom is -0.478 e. The van der Waals surface area contributed by atoms with Crippen LogP contribution in [0.3, 0.4) is 0 Å². The summed E-state index contributed by atoms with van der Waals surface area (Å²) in [7, 11) is 0. The number of aromatic nitrogens is 2. The Kier molecular flexibility index (Phi) is 4.44. The molecule has 0 saturated carbocycles. The van der Waals surface area contributed by atoms with Crippen molar-refractivity contribution >= 4 is 17.3 Å². The predicted molar refractivity (Wildman–Crippen MR) is 108 cm³/mol. The molecule has 0 saturated heterocycles. The normalized spacial score (nSPS) is 13.0. The zero-order valence-electron chi connectivity index (χ0n) is 15.7. The van der Waals surface area contributed by atoms with Crippen LogP contribution in [0.2, 0.25) is 0 Å². The lowest BCUT2D eigenvalue weighted by Gasteiger charge is -2.15. The highest BCUT2D eigenvalue weighted by Gasteiger charge is 2.42. The van der Waals surface area contributed by atoms with Gasteiger partial charge in [-0.15, -0.1) is 11.3 Å². The van der Waals surface area contributed by atoms with Gasteiger partial charge in [0, 0.05) is 5.56 Å². The lowest BCUT2D eigenvalue weighted by Crippen LogP contribution is -2.07. The number of alkyl halides is 3. The predicted octanol–water partition coefficient (Wildman–Crippen LogP) is 5.95. The molecule has 156 valence electrons. The van der Waals surface area contributed by atoms with Crippen LogP contribution in [-0.4, -0.2) is 21.2 Å². The van der Waals surface area contributed by atoms with Gasteiger partial charge in [-0.05, 0) is 36.1 Å². The molecule has 0 radical (unpaired) electrons. The van der Waals surface area contributed by atoms with Gasteiger partial charge >= 0.3 is 12.1 Å². The lowest BCUT2D eigenvalue weighted by atomic mass is 9.92. The second kappa shape index (κ2) is 7.05. The van der Waals surface area contributed by atoms with Crippen molar-refractivity contribution in [2.45, 2.75) is 19.0 Å². The first-order valence-electron chi connectivity index (χ1n) is 9.32. The number of benzene rings is 2. The highest BCUT2D eigenvalue weighted by atomic mass is 32.1. The summed E-state index contributed by atoms with van der Waals surface area (Å²) in [4.78, 5) is 16.4. The third kappa shape index (κ3) is 3.31.